The van der Waals surface area contributed by atoms with Crippen LogP contribution in [-0.4, -0.2) is 10.9 Å². The van der Waals surface area contributed by atoms with E-state index in [1.54, 1.807) is 0 Å². The molecule has 3 rings (SSSR count). The predicted molar refractivity (Wildman–Crippen MR) is 93.9 cm³/mol. The molecule has 1 heterocycles. The molecule has 0 spiro atoms. The quantitative estimate of drug-likeness (QED) is 0.605. The minimum atomic E-state index is -0.398. The number of aryl methyl sites for hydroxylation is 1. The number of nitrogens with zero attached hydrogens (tertiary/aromatic N) is 2. The number of rotatable bonds is 3. The molecule has 6 heteroatoms. The van der Waals surface area contributed by atoms with Crippen molar-refractivity contribution in [3.05, 3.63) is 75.5 Å². The van der Waals surface area contributed by atoms with Crippen LogP contribution < -0.4 is 4.90 Å². The van der Waals surface area contributed by atoms with Crippen LogP contribution in [0.15, 0.2) is 58.4 Å². The van der Waals surface area contributed by atoms with Crippen molar-refractivity contribution in [2.45, 2.75) is 6.92 Å². The Morgan fingerprint density at radius 3 is 2.57 bits per heavy atom. The Labute approximate surface area is 145 Å². The number of para-hydroxylation sites is 1. The van der Waals surface area contributed by atoms with E-state index >= 15 is 0 Å². The van der Waals surface area contributed by atoms with Crippen molar-refractivity contribution in [2.75, 3.05) is 4.90 Å². The number of halogens is 2. The molecule has 0 aliphatic heterocycles. The number of hydrogen-bond donors (Lipinski definition) is 0. The molecule has 0 aliphatic carbocycles. The fourth-order valence-corrected chi connectivity index (χ4v) is 3.46. The van der Waals surface area contributed by atoms with Gasteiger partial charge in [0.05, 0.1) is 16.9 Å². The first kappa shape index (κ1) is 15.8. The first-order valence-electron chi connectivity index (χ1n) is 6.83. The number of carbonyl (C=O) groups is 1. The summed E-state index contributed by atoms with van der Waals surface area (Å²) in [6, 6.07) is 13.3. The van der Waals surface area contributed by atoms with Crippen molar-refractivity contribution in [3.63, 3.8) is 0 Å². The van der Waals surface area contributed by atoms with Crippen molar-refractivity contribution in [1.82, 2.24) is 4.98 Å². The molecular weight excluding hydrogens is 379 g/mol. The molecule has 3 nitrogen and oxygen atoms in total. The number of benzene rings is 2. The Bertz CT molecular complexity index is 851. The smallest absolute Gasteiger partial charge is 0.265 e. The molecule has 0 atom stereocenters. The first-order chi connectivity index (χ1) is 11.1. The summed E-state index contributed by atoms with van der Waals surface area (Å²) in [7, 11) is 0. The van der Waals surface area contributed by atoms with E-state index in [2.05, 4.69) is 20.9 Å². The minimum absolute atomic E-state index is 0.266. The zero-order valence-corrected chi connectivity index (χ0v) is 14.6. The third-order valence-electron chi connectivity index (χ3n) is 3.18. The third kappa shape index (κ3) is 3.33. The number of amides is 1. The Hall–Kier alpha value is -2.05. The number of anilines is 2. The molecular formula is C17H12BrFN2OS. The molecule has 0 fully saturated rings. The predicted octanol–water partition coefficient (Wildman–Crippen LogP) is 5.33. The fraction of sp³-hybridized carbons (Fsp3) is 0.0588. The molecule has 0 radical (unpaired) electrons. The Kier molecular flexibility index (Phi) is 4.54. The first-order valence-corrected chi connectivity index (χ1v) is 8.50. The van der Waals surface area contributed by atoms with E-state index in [1.807, 2.05) is 42.6 Å². The van der Waals surface area contributed by atoms with Crippen molar-refractivity contribution in [1.29, 1.82) is 0 Å². The molecule has 3 aromatic rings. The van der Waals surface area contributed by atoms with Crippen LogP contribution in [0, 0.1) is 12.7 Å². The maximum Gasteiger partial charge on any atom is 0.265 e. The molecule has 1 amide bonds. The second-order valence-corrected chi connectivity index (χ2v) is 6.56. The van der Waals surface area contributed by atoms with E-state index in [0.29, 0.717) is 20.9 Å². The van der Waals surface area contributed by atoms with Crippen LogP contribution in [0.5, 0.6) is 0 Å². The van der Waals surface area contributed by atoms with Gasteiger partial charge in [0.25, 0.3) is 5.91 Å². The van der Waals surface area contributed by atoms with Crippen molar-refractivity contribution < 1.29 is 9.18 Å². The highest BCUT2D eigenvalue weighted by atomic mass is 79.9. The zero-order chi connectivity index (χ0) is 16.4. The summed E-state index contributed by atoms with van der Waals surface area (Å²) in [5.74, 6) is -0.665. The second-order valence-electron chi connectivity index (χ2n) is 4.87. The molecule has 0 saturated heterocycles. The van der Waals surface area contributed by atoms with E-state index in [1.165, 1.54) is 34.4 Å². The highest BCUT2D eigenvalue weighted by molar-refractivity contribution is 9.10. The maximum absolute atomic E-state index is 13.3. The molecule has 0 bridgehead atoms. The van der Waals surface area contributed by atoms with E-state index < -0.39 is 5.82 Å². The second kappa shape index (κ2) is 6.60. The Morgan fingerprint density at radius 1 is 1.22 bits per heavy atom. The Balaban J connectivity index is 2.10. The third-order valence-corrected chi connectivity index (χ3v) is 4.78. The maximum atomic E-state index is 13.3. The largest absolute Gasteiger partial charge is 0.268 e. The SMILES string of the molecule is Cc1csc(N(C(=O)c2ccc(F)cc2Br)c2ccccc2)n1. The van der Waals surface area contributed by atoms with Gasteiger partial charge in [-0.05, 0) is 53.2 Å². The summed E-state index contributed by atoms with van der Waals surface area (Å²) in [5.41, 5.74) is 1.93. The standard InChI is InChI=1S/C17H12BrFN2OS/c1-11-10-23-17(20-11)21(13-5-3-2-4-6-13)16(22)14-8-7-12(19)9-15(14)18/h2-10H,1H3. The van der Waals surface area contributed by atoms with Gasteiger partial charge in [0, 0.05) is 9.85 Å². The monoisotopic (exact) mass is 390 g/mol. The van der Waals surface area contributed by atoms with Crippen LogP contribution in [-0.2, 0) is 0 Å². The molecule has 23 heavy (non-hydrogen) atoms. The normalized spacial score (nSPS) is 10.6. The van der Waals surface area contributed by atoms with Gasteiger partial charge in [0.15, 0.2) is 5.13 Å². The number of thiazole rings is 1. The van der Waals surface area contributed by atoms with E-state index in [0.717, 1.165) is 5.69 Å². The van der Waals surface area contributed by atoms with Crippen LogP contribution in [0.1, 0.15) is 16.1 Å². The molecule has 1 aromatic heterocycles. The van der Waals surface area contributed by atoms with Gasteiger partial charge in [0.2, 0.25) is 0 Å². The van der Waals surface area contributed by atoms with Crippen molar-refractivity contribution >= 4 is 44.0 Å². The average Bonchev–Trinajstić information content (AvgIpc) is 2.94. The van der Waals surface area contributed by atoms with Crippen LogP contribution in [0.2, 0.25) is 0 Å². The molecule has 0 N–H and O–H groups in total. The fourth-order valence-electron chi connectivity index (χ4n) is 2.12. The number of hydrogen-bond acceptors (Lipinski definition) is 3. The van der Waals surface area contributed by atoms with Gasteiger partial charge in [-0.2, -0.15) is 0 Å². The lowest BCUT2D eigenvalue weighted by molar-refractivity contribution is 0.0998. The summed E-state index contributed by atoms with van der Waals surface area (Å²) < 4.78 is 13.7. The average molecular weight is 391 g/mol. The molecule has 0 aliphatic rings. The topological polar surface area (TPSA) is 33.2 Å². The van der Waals surface area contributed by atoms with Gasteiger partial charge in [-0.3, -0.25) is 9.69 Å². The number of aromatic nitrogens is 1. The molecule has 116 valence electrons. The summed E-state index contributed by atoms with van der Waals surface area (Å²) in [5, 5.41) is 2.47. The minimum Gasteiger partial charge on any atom is -0.268 e. The van der Waals surface area contributed by atoms with Crippen molar-refractivity contribution in [3.8, 4) is 0 Å². The van der Waals surface area contributed by atoms with Crippen LogP contribution in [0.3, 0.4) is 0 Å². The molecule has 2 aromatic carbocycles. The zero-order valence-electron chi connectivity index (χ0n) is 12.2. The molecule has 0 saturated carbocycles. The molecule has 0 unspecified atom stereocenters. The summed E-state index contributed by atoms with van der Waals surface area (Å²) in [6.07, 6.45) is 0. The highest BCUT2D eigenvalue weighted by Crippen LogP contribution is 2.31. The van der Waals surface area contributed by atoms with E-state index in [4.69, 9.17) is 0 Å². The lowest BCUT2D eigenvalue weighted by Gasteiger charge is -2.20. The number of carbonyl (C=O) groups excluding carboxylic acids is 1. The lowest BCUT2D eigenvalue weighted by Crippen LogP contribution is -2.26. The van der Waals surface area contributed by atoms with Crippen LogP contribution >= 0.6 is 27.3 Å². The summed E-state index contributed by atoms with van der Waals surface area (Å²) in [4.78, 5) is 19.0. The highest BCUT2D eigenvalue weighted by Gasteiger charge is 2.24. The van der Waals surface area contributed by atoms with Gasteiger partial charge in [-0.15, -0.1) is 11.3 Å². The van der Waals surface area contributed by atoms with E-state index in [-0.39, 0.29) is 5.91 Å². The van der Waals surface area contributed by atoms with Gasteiger partial charge in [-0.1, -0.05) is 18.2 Å². The van der Waals surface area contributed by atoms with Crippen LogP contribution in [0.4, 0.5) is 15.2 Å². The Morgan fingerprint density at radius 2 is 1.96 bits per heavy atom. The van der Waals surface area contributed by atoms with Crippen LogP contribution in [0.25, 0.3) is 0 Å². The van der Waals surface area contributed by atoms with Gasteiger partial charge in [0.1, 0.15) is 5.82 Å². The van der Waals surface area contributed by atoms with Gasteiger partial charge < -0.3 is 0 Å². The van der Waals surface area contributed by atoms with Gasteiger partial charge >= 0.3 is 0 Å². The summed E-state index contributed by atoms with van der Waals surface area (Å²) in [6.45, 7) is 1.88. The van der Waals surface area contributed by atoms with Gasteiger partial charge in [-0.25, -0.2) is 9.37 Å². The van der Waals surface area contributed by atoms with E-state index in [9.17, 15) is 9.18 Å². The van der Waals surface area contributed by atoms with Crippen molar-refractivity contribution in [2.24, 2.45) is 0 Å². The lowest BCUT2D eigenvalue weighted by atomic mass is 10.2. The summed E-state index contributed by atoms with van der Waals surface area (Å²) >= 11 is 4.65.